The molecule has 43 heavy (non-hydrogen) atoms. The van der Waals surface area contributed by atoms with Crippen molar-refractivity contribution in [3.63, 3.8) is 0 Å². The van der Waals surface area contributed by atoms with Gasteiger partial charge >= 0.3 is 0 Å². The third-order valence-corrected chi connectivity index (χ3v) is 10.1. The number of nitrogens with two attached hydrogens (primary N) is 1. The van der Waals surface area contributed by atoms with Crippen LogP contribution in [0.5, 0.6) is 5.75 Å². The average molecular weight is 625 g/mol. The van der Waals surface area contributed by atoms with E-state index in [2.05, 4.69) is 20.7 Å². The first-order valence-corrected chi connectivity index (χ1v) is 15.5. The molecule has 5 atom stereocenters. The summed E-state index contributed by atoms with van der Waals surface area (Å²) in [6, 6.07) is 4.11. The van der Waals surface area contributed by atoms with Crippen molar-refractivity contribution in [2.24, 2.45) is 17.6 Å². The molecule has 2 heterocycles. The SMILES string of the molecule is COc1ccc(-c2nnn([C@@H]3CC(C(=O)N[C@]4(C(=O)NS(=O)(=O)C5CC5)C[C@H]4C(F)F)N(C(=O)[C@@H](N)C(C)C)C3)n2)cc1. The fourth-order valence-electron chi connectivity index (χ4n) is 5.22. The summed E-state index contributed by atoms with van der Waals surface area (Å²) in [7, 11) is -2.52. The van der Waals surface area contributed by atoms with Crippen molar-refractivity contribution in [3.8, 4) is 17.1 Å². The fraction of sp³-hybridized carbons (Fsp3) is 0.615. The van der Waals surface area contributed by atoms with Crippen molar-refractivity contribution in [1.29, 1.82) is 0 Å². The lowest BCUT2D eigenvalue weighted by molar-refractivity contribution is -0.141. The molecule has 2 aromatic rings. The Labute approximate surface area is 246 Å². The molecule has 1 aromatic heterocycles. The maximum Gasteiger partial charge on any atom is 0.259 e. The molecule has 0 spiro atoms. The number of hydrogen-bond acceptors (Lipinski definition) is 10. The number of tetrazole rings is 1. The second-order valence-corrected chi connectivity index (χ2v) is 13.6. The summed E-state index contributed by atoms with van der Waals surface area (Å²) < 4.78 is 59.4. The number of rotatable bonds is 11. The summed E-state index contributed by atoms with van der Waals surface area (Å²) in [4.78, 5) is 42.6. The number of carbonyl (C=O) groups is 3. The molecular weight excluding hydrogens is 590 g/mol. The second kappa shape index (κ2) is 11.4. The Balaban J connectivity index is 1.38. The number of carbonyl (C=O) groups excluding carboxylic acids is 3. The van der Waals surface area contributed by atoms with Gasteiger partial charge in [-0.05, 0) is 54.7 Å². The summed E-state index contributed by atoms with van der Waals surface area (Å²) in [6.45, 7) is 3.44. The van der Waals surface area contributed by atoms with E-state index in [0.29, 0.717) is 24.2 Å². The van der Waals surface area contributed by atoms with Gasteiger partial charge in [0.1, 0.15) is 17.3 Å². The van der Waals surface area contributed by atoms with E-state index in [1.807, 2.05) is 4.72 Å². The lowest BCUT2D eigenvalue weighted by Gasteiger charge is -2.29. The van der Waals surface area contributed by atoms with Gasteiger partial charge in [-0.3, -0.25) is 19.1 Å². The largest absolute Gasteiger partial charge is 0.497 e. The van der Waals surface area contributed by atoms with Gasteiger partial charge in [-0.25, -0.2) is 17.2 Å². The van der Waals surface area contributed by atoms with E-state index in [0.717, 1.165) is 0 Å². The van der Waals surface area contributed by atoms with E-state index < -0.39 is 75.4 Å². The molecule has 0 radical (unpaired) electrons. The highest BCUT2D eigenvalue weighted by Gasteiger charge is 2.66. The third-order valence-electron chi connectivity index (χ3n) is 8.24. The van der Waals surface area contributed by atoms with E-state index >= 15 is 0 Å². The standard InChI is InChI=1S/C26H34F2N8O6S/c1-13(2)20(29)24(38)35-12-15(36-32-22(31-34-36)14-4-6-16(42-3)7-5-14)10-19(35)23(37)30-26(11-18(26)21(27)28)25(39)33-43(40,41)17-8-9-17/h4-7,13,15,17-21H,8-12,29H2,1-3H3,(H,30,37)(H,33,39)/t15-,18+,19?,20+,26-/m1/s1. The monoisotopic (exact) mass is 624 g/mol. The Morgan fingerprint density at radius 2 is 1.84 bits per heavy atom. The summed E-state index contributed by atoms with van der Waals surface area (Å²) in [5.41, 5.74) is 4.65. The minimum Gasteiger partial charge on any atom is -0.497 e. The molecule has 3 amide bonds. The quantitative estimate of drug-likeness (QED) is 0.312. The number of aromatic nitrogens is 4. The highest BCUT2D eigenvalue weighted by atomic mass is 32.2. The normalized spacial score (nSPS) is 26.0. The predicted octanol–water partition coefficient (Wildman–Crippen LogP) is 0.222. The topological polar surface area (TPSA) is 192 Å². The molecule has 14 nitrogen and oxygen atoms in total. The van der Waals surface area contributed by atoms with Crippen LogP contribution in [0.2, 0.25) is 0 Å². The van der Waals surface area contributed by atoms with Gasteiger partial charge in [-0.1, -0.05) is 13.8 Å². The van der Waals surface area contributed by atoms with Crippen LogP contribution in [0.4, 0.5) is 8.78 Å². The molecule has 5 rings (SSSR count). The van der Waals surface area contributed by atoms with Crippen molar-refractivity contribution in [2.75, 3.05) is 13.7 Å². The summed E-state index contributed by atoms with van der Waals surface area (Å²) in [5.74, 6) is -3.60. The minimum atomic E-state index is -4.06. The fourth-order valence-corrected chi connectivity index (χ4v) is 6.59. The van der Waals surface area contributed by atoms with Crippen LogP contribution in [0.3, 0.4) is 0 Å². The van der Waals surface area contributed by atoms with Crippen LogP contribution in [0, 0.1) is 11.8 Å². The molecule has 234 valence electrons. The smallest absolute Gasteiger partial charge is 0.259 e. The molecule has 1 saturated heterocycles. The predicted molar refractivity (Wildman–Crippen MR) is 147 cm³/mol. The van der Waals surface area contributed by atoms with Crippen LogP contribution in [0.25, 0.3) is 11.4 Å². The molecule has 2 saturated carbocycles. The van der Waals surface area contributed by atoms with E-state index in [4.69, 9.17) is 10.5 Å². The number of amides is 3. The van der Waals surface area contributed by atoms with Gasteiger partial charge in [0.15, 0.2) is 0 Å². The van der Waals surface area contributed by atoms with Crippen LogP contribution < -0.4 is 20.5 Å². The molecule has 3 aliphatic rings. The van der Waals surface area contributed by atoms with Gasteiger partial charge in [0, 0.05) is 18.5 Å². The van der Waals surface area contributed by atoms with Crippen LogP contribution in [0.1, 0.15) is 45.6 Å². The highest BCUT2D eigenvalue weighted by Crippen LogP contribution is 2.48. The molecule has 1 aliphatic heterocycles. The lowest BCUT2D eigenvalue weighted by Crippen LogP contribution is -2.58. The zero-order chi connectivity index (χ0) is 31.3. The first-order chi connectivity index (χ1) is 20.3. The first kappa shape index (κ1) is 30.7. The summed E-state index contributed by atoms with van der Waals surface area (Å²) in [5, 5.41) is 14.2. The van der Waals surface area contributed by atoms with Gasteiger partial charge < -0.3 is 20.7 Å². The summed E-state index contributed by atoms with van der Waals surface area (Å²) >= 11 is 0. The number of nitrogens with zero attached hydrogens (tertiary/aromatic N) is 5. The highest BCUT2D eigenvalue weighted by molar-refractivity contribution is 7.91. The molecule has 2 aliphatic carbocycles. The number of alkyl halides is 2. The lowest BCUT2D eigenvalue weighted by atomic mass is 10.0. The van der Waals surface area contributed by atoms with E-state index in [1.54, 1.807) is 38.1 Å². The van der Waals surface area contributed by atoms with Gasteiger partial charge in [0.25, 0.3) is 5.91 Å². The number of benzene rings is 1. The zero-order valence-electron chi connectivity index (χ0n) is 23.8. The van der Waals surface area contributed by atoms with E-state index in [1.165, 1.54) is 16.8 Å². The van der Waals surface area contributed by atoms with Gasteiger partial charge in [0.2, 0.25) is 34.1 Å². The van der Waals surface area contributed by atoms with Crippen molar-refractivity contribution in [1.82, 2.24) is 35.1 Å². The zero-order valence-corrected chi connectivity index (χ0v) is 24.6. The number of hydrogen-bond donors (Lipinski definition) is 3. The van der Waals surface area contributed by atoms with E-state index in [9.17, 15) is 31.6 Å². The molecule has 0 bridgehead atoms. The van der Waals surface area contributed by atoms with Crippen molar-refractivity contribution < 1.29 is 36.3 Å². The minimum absolute atomic E-state index is 0.0295. The maximum atomic E-state index is 13.8. The van der Waals surface area contributed by atoms with Crippen LogP contribution in [0.15, 0.2) is 24.3 Å². The van der Waals surface area contributed by atoms with Gasteiger partial charge in [0.05, 0.1) is 30.4 Å². The molecule has 17 heteroatoms. The number of methoxy groups -OCH3 is 1. The Morgan fingerprint density at radius 1 is 1.16 bits per heavy atom. The third kappa shape index (κ3) is 6.04. The number of likely N-dealkylation sites (tertiary alicyclic amines) is 1. The maximum absolute atomic E-state index is 13.8. The molecule has 1 aromatic carbocycles. The molecular formula is C26H34F2N8O6S. The van der Waals surface area contributed by atoms with Crippen molar-refractivity contribution in [2.45, 2.75) is 74.9 Å². The number of nitrogens with one attached hydrogen (secondary N) is 2. The van der Waals surface area contributed by atoms with Gasteiger partial charge in [-0.2, -0.15) is 4.80 Å². The van der Waals surface area contributed by atoms with Crippen molar-refractivity contribution >= 4 is 27.7 Å². The van der Waals surface area contributed by atoms with Gasteiger partial charge in [-0.15, -0.1) is 10.2 Å². The Morgan fingerprint density at radius 3 is 2.40 bits per heavy atom. The summed E-state index contributed by atoms with van der Waals surface area (Å²) in [6.07, 6.45) is -2.76. The first-order valence-electron chi connectivity index (χ1n) is 13.9. The Hall–Kier alpha value is -3.73. The molecule has 4 N–H and O–H groups in total. The van der Waals surface area contributed by atoms with Crippen LogP contribution >= 0.6 is 0 Å². The van der Waals surface area contributed by atoms with Crippen molar-refractivity contribution in [3.05, 3.63) is 24.3 Å². The number of halogens is 2. The molecule has 1 unspecified atom stereocenters. The Kier molecular flexibility index (Phi) is 8.15. The number of sulfonamides is 1. The van der Waals surface area contributed by atoms with E-state index in [-0.39, 0.29) is 24.7 Å². The number of ether oxygens (including phenoxy) is 1. The Bertz CT molecular complexity index is 1500. The molecule has 3 fully saturated rings. The van der Waals surface area contributed by atoms with Crippen LogP contribution in [-0.4, -0.2) is 94.2 Å². The average Bonchev–Trinajstić information content (AvgIpc) is 3.85. The second-order valence-electron chi connectivity index (χ2n) is 11.6. The van der Waals surface area contributed by atoms with Crippen LogP contribution in [-0.2, 0) is 24.4 Å².